The van der Waals surface area contributed by atoms with Crippen LogP contribution in [0.25, 0.3) is 16.6 Å². The van der Waals surface area contributed by atoms with Gasteiger partial charge in [0, 0.05) is 17.8 Å². The molecule has 0 unspecified atom stereocenters. The van der Waals surface area contributed by atoms with Gasteiger partial charge in [-0.15, -0.1) is 0 Å². The number of carbonyl (C=O) groups excluding carboxylic acids is 1. The molecule has 0 atom stereocenters. The van der Waals surface area contributed by atoms with Gasteiger partial charge in [0.2, 0.25) is 0 Å². The van der Waals surface area contributed by atoms with E-state index in [9.17, 15) is 18.0 Å². The Kier molecular flexibility index (Phi) is 3.76. The SMILES string of the molecule is O=C(Nc1cnc2ccc(F)cc2c1)c1c(C(F)F)nc2cnccn12. The van der Waals surface area contributed by atoms with Crippen LogP contribution in [0.15, 0.2) is 49.1 Å². The molecule has 4 rings (SSSR count). The number of halogens is 3. The van der Waals surface area contributed by atoms with Gasteiger partial charge in [-0.3, -0.25) is 19.2 Å². The maximum Gasteiger partial charge on any atom is 0.282 e. The molecule has 0 bridgehead atoms. The third-order valence-electron chi connectivity index (χ3n) is 3.78. The first-order valence-electron chi connectivity index (χ1n) is 7.50. The van der Waals surface area contributed by atoms with E-state index >= 15 is 0 Å². The summed E-state index contributed by atoms with van der Waals surface area (Å²) in [4.78, 5) is 24.3. The number of nitrogens with one attached hydrogen (secondary N) is 1. The summed E-state index contributed by atoms with van der Waals surface area (Å²) in [5.41, 5.74) is -0.0189. The van der Waals surface area contributed by atoms with E-state index < -0.39 is 23.8 Å². The van der Waals surface area contributed by atoms with Gasteiger partial charge < -0.3 is 5.32 Å². The highest BCUT2D eigenvalue weighted by atomic mass is 19.3. The average Bonchev–Trinajstić information content (AvgIpc) is 3.01. The van der Waals surface area contributed by atoms with E-state index in [1.807, 2.05) is 0 Å². The number of pyridine rings is 1. The molecule has 0 aliphatic carbocycles. The number of amides is 1. The van der Waals surface area contributed by atoms with Gasteiger partial charge in [0.25, 0.3) is 12.3 Å². The van der Waals surface area contributed by atoms with Crippen LogP contribution in [0.3, 0.4) is 0 Å². The zero-order valence-corrected chi connectivity index (χ0v) is 13.0. The number of alkyl halides is 2. The third-order valence-corrected chi connectivity index (χ3v) is 3.78. The molecule has 1 N–H and O–H groups in total. The van der Waals surface area contributed by atoms with Crippen molar-refractivity contribution >= 4 is 28.1 Å². The summed E-state index contributed by atoms with van der Waals surface area (Å²) in [6.07, 6.45) is 2.45. The smallest absolute Gasteiger partial charge is 0.282 e. The summed E-state index contributed by atoms with van der Waals surface area (Å²) in [5, 5.41) is 2.98. The molecule has 0 fully saturated rings. The van der Waals surface area contributed by atoms with Crippen LogP contribution in [0.2, 0.25) is 0 Å². The van der Waals surface area contributed by atoms with Gasteiger partial charge >= 0.3 is 0 Å². The Balaban J connectivity index is 1.75. The van der Waals surface area contributed by atoms with E-state index in [0.29, 0.717) is 10.9 Å². The molecule has 9 heteroatoms. The number of aromatic nitrogens is 4. The molecule has 4 aromatic rings. The molecule has 3 aromatic heterocycles. The van der Waals surface area contributed by atoms with Crippen molar-refractivity contribution in [3.05, 3.63) is 66.3 Å². The molecule has 26 heavy (non-hydrogen) atoms. The Labute approximate surface area is 144 Å². The van der Waals surface area contributed by atoms with Crippen molar-refractivity contribution in [1.29, 1.82) is 0 Å². The number of imidazole rings is 1. The van der Waals surface area contributed by atoms with E-state index in [-0.39, 0.29) is 17.0 Å². The van der Waals surface area contributed by atoms with E-state index in [1.165, 1.54) is 53.5 Å². The normalized spacial score (nSPS) is 11.4. The molecular weight excluding hydrogens is 347 g/mol. The fourth-order valence-corrected chi connectivity index (χ4v) is 2.66. The molecule has 0 aliphatic rings. The maximum atomic E-state index is 13.4. The highest BCUT2D eigenvalue weighted by Crippen LogP contribution is 2.25. The Hall–Kier alpha value is -3.49. The number of benzene rings is 1. The van der Waals surface area contributed by atoms with E-state index in [2.05, 4.69) is 20.3 Å². The van der Waals surface area contributed by atoms with Crippen LogP contribution in [0.4, 0.5) is 18.9 Å². The van der Waals surface area contributed by atoms with Crippen LogP contribution in [-0.2, 0) is 0 Å². The molecule has 0 saturated carbocycles. The van der Waals surface area contributed by atoms with Crippen molar-refractivity contribution < 1.29 is 18.0 Å². The number of hydrogen-bond donors (Lipinski definition) is 1. The Morgan fingerprint density at radius 1 is 1.19 bits per heavy atom. The highest BCUT2D eigenvalue weighted by molar-refractivity contribution is 6.05. The summed E-state index contributed by atoms with van der Waals surface area (Å²) in [5.74, 6) is -1.23. The van der Waals surface area contributed by atoms with Crippen LogP contribution in [0, 0.1) is 5.82 Å². The molecule has 130 valence electrons. The van der Waals surface area contributed by atoms with Crippen molar-refractivity contribution in [3.63, 3.8) is 0 Å². The van der Waals surface area contributed by atoms with Crippen molar-refractivity contribution in [2.24, 2.45) is 0 Å². The van der Waals surface area contributed by atoms with Gasteiger partial charge in [-0.1, -0.05) is 0 Å². The summed E-state index contributed by atoms with van der Waals surface area (Å²) >= 11 is 0. The van der Waals surface area contributed by atoms with E-state index in [4.69, 9.17) is 0 Å². The van der Waals surface area contributed by atoms with Crippen molar-refractivity contribution in [2.45, 2.75) is 6.43 Å². The molecule has 1 amide bonds. The number of nitrogens with zero attached hydrogens (tertiary/aromatic N) is 4. The number of anilines is 1. The topological polar surface area (TPSA) is 72.2 Å². The predicted octanol–water partition coefficient (Wildman–Crippen LogP) is 3.61. The lowest BCUT2D eigenvalue weighted by atomic mass is 10.2. The predicted molar refractivity (Wildman–Crippen MR) is 87.6 cm³/mol. The quantitative estimate of drug-likeness (QED) is 0.608. The average molecular weight is 357 g/mol. The zero-order valence-electron chi connectivity index (χ0n) is 13.0. The molecule has 3 heterocycles. The molecule has 0 radical (unpaired) electrons. The number of hydrogen-bond acceptors (Lipinski definition) is 4. The molecule has 1 aromatic carbocycles. The molecule has 0 spiro atoms. The van der Waals surface area contributed by atoms with Gasteiger partial charge in [-0.05, 0) is 24.3 Å². The van der Waals surface area contributed by atoms with Gasteiger partial charge in [0.1, 0.15) is 17.2 Å². The number of fused-ring (bicyclic) bond motifs is 2. The fraction of sp³-hybridized carbons (Fsp3) is 0.0588. The van der Waals surface area contributed by atoms with Crippen LogP contribution < -0.4 is 5.32 Å². The van der Waals surface area contributed by atoms with Gasteiger partial charge in [-0.25, -0.2) is 18.2 Å². The molecule has 0 aliphatic heterocycles. The lowest BCUT2D eigenvalue weighted by Crippen LogP contribution is -2.16. The number of carbonyl (C=O) groups is 1. The lowest BCUT2D eigenvalue weighted by molar-refractivity contribution is 0.1000. The summed E-state index contributed by atoms with van der Waals surface area (Å²) in [6, 6.07) is 5.55. The minimum Gasteiger partial charge on any atom is -0.319 e. The third kappa shape index (κ3) is 2.73. The Morgan fingerprint density at radius 3 is 2.85 bits per heavy atom. The van der Waals surface area contributed by atoms with Gasteiger partial charge in [0.05, 0.1) is 23.6 Å². The number of rotatable bonds is 3. The molecule has 6 nitrogen and oxygen atoms in total. The maximum absolute atomic E-state index is 13.4. The lowest BCUT2D eigenvalue weighted by Gasteiger charge is -2.07. The Bertz CT molecular complexity index is 1140. The minimum absolute atomic E-state index is 0.131. The minimum atomic E-state index is -2.93. The van der Waals surface area contributed by atoms with Crippen LogP contribution >= 0.6 is 0 Å². The van der Waals surface area contributed by atoms with E-state index in [1.54, 1.807) is 0 Å². The highest BCUT2D eigenvalue weighted by Gasteiger charge is 2.25. The van der Waals surface area contributed by atoms with Crippen LogP contribution in [0.1, 0.15) is 22.6 Å². The monoisotopic (exact) mass is 357 g/mol. The van der Waals surface area contributed by atoms with Crippen LogP contribution in [-0.4, -0.2) is 25.3 Å². The first-order valence-corrected chi connectivity index (χ1v) is 7.50. The summed E-state index contributed by atoms with van der Waals surface area (Å²) in [6.45, 7) is 0. The Morgan fingerprint density at radius 2 is 2.04 bits per heavy atom. The van der Waals surface area contributed by atoms with Gasteiger partial charge in [-0.2, -0.15) is 0 Å². The van der Waals surface area contributed by atoms with E-state index in [0.717, 1.165) is 0 Å². The second-order valence-corrected chi connectivity index (χ2v) is 5.47. The second kappa shape index (κ2) is 6.10. The fourth-order valence-electron chi connectivity index (χ4n) is 2.66. The largest absolute Gasteiger partial charge is 0.319 e. The van der Waals surface area contributed by atoms with Crippen molar-refractivity contribution in [2.75, 3.05) is 5.32 Å². The first kappa shape index (κ1) is 16.0. The van der Waals surface area contributed by atoms with Crippen molar-refractivity contribution in [3.8, 4) is 0 Å². The second-order valence-electron chi connectivity index (χ2n) is 5.47. The molecular formula is C17H10F3N5O. The standard InChI is InChI=1S/C17H10F3N5O/c18-10-1-2-12-9(5-10)6-11(7-22-12)23-17(26)15-14(16(19)20)24-13-8-21-3-4-25(13)15/h1-8,16H,(H,23,26). The first-order chi connectivity index (χ1) is 12.5. The summed E-state index contributed by atoms with van der Waals surface area (Å²) < 4.78 is 41.2. The summed E-state index contributed by atoms with van der Waals surface area (Å²) in [7, 11) is 0. The van der Waals surface area contributed by atoms with Crippen molar-refractivity contribution in [1.82, 2.24) is 19.4 Å². The zero-order chi connectivity index (χ0) is 18.3. The van der Waals surface area contributed by atoms with Crippen LogP contribution in [0.5, 0.6) is 0 Å². The van der Waals surface area contributed by atoms with Gasteiger partial charge in [0.15, 0.2) is 5.65 Å². The molecule has 0 saturated heterocycles.